The van der Waals surface area contributed by atoms with E-state index in [1.807, 2.05) is 6.07 Å². The monoisotopic (exact) mass is 168 g/mol. The van der Waals surface area contributed by atoms with E-state index in [4.69, 9.17) is 16.0 Å². The maximum atomic E-state index is 5.60. The van der Waals surface area contributed by atoms with Gasteiger partial charge in [0.2, 0.25) is 5.71 Å². The Morgan fingerprint density at radius 2 is 2.36 bits per heavy atom. The van der Waals surface area contributed by atoms with Crippen LogP contribution < -0.4 is 0 Å². The largest absolute Gasteiger partial charge is 0.425 e. The lowest BCUT2D eigenvalue weighted by Crippen LogP contribution is -1.80. The zero-order valence-electron chi connectivity index (χ0n) is 5.62. The number of rotatable bonds is 1. The van der Waals surface area contributed by atoms with Crippen molar-refractivity contribution in [1.82, 2.24) is 9.97 Å². The standard InChI is InChI=1S/C7H5ClN2O/c8-2-5-1-6-7(9-3-5)11-4-10-6/h1,3-4H,2H2. The summed E-state index contributed by atoms with van der Waals surface area (Å²) >= 11 is 5.60. The van der Waals surface area contributed by atoms with Crippen LogP contribution in [0.3, 0.4) is 0 Å². The Kier molecular flexibility index (Phi) is 1.51. The van der Waals surface area contributed by atoms with Crippen LogP contribution in [-0.4, -0.2) is 9.97 Å². The highest BCUT2D eigenvalue weighted by Gasteiger charge is 1.99. The van der Waals surface area contributed by atoms with Crippen molar-refractivity contribution in [2.75, 3.05) is 0 Å². The molecule has 2 aromatic rings. The summed E-state index contributed by atoms with van der Waals surface area (Å²) < 4.78 is 4.95. The van der Waals surface area contributed by atoms with E-state index in [1.54, 1.807) is 6.20 Å². The van der Waals surface area contributed by atoms with E-state index in [2.05, 4.69) is 9.97 Å². The topological polar surface area (TPSA) is 38.9 Å². The number of hydrogen-bond acceptors (Lipinski definition) is 3. The summed E-state index contributed by atoms with van der Waals surface area (Å²) in [5.74, 6) is 0.454. The van der Waals surface area contributed by atoms with Gasteiger partial charge in [0.15, 0.2) is 6.39 Å². The highest BCUT2D eigenvalue weighted by atomic mass is 35.5. The van der Waals surface area contributed by atoms with Gasteiger partial charge < -0.3 is 4.42 Å². The fourth-order valence-electron chi connectivity index (χ4n) is 0.872. The third kappa shape index (κ3) is 1.07. The molecular formula is C7H5ClN2O. The Hall–Kier alpha value is -1.09. The van der Waals surface area contributed by atoms with Gasteiger partial charge in [0.05, 0.1) is 0 Å². The minimum atomic E-state index is 0.454. The van der Waals surface area contributed by atoms with Crippen molar-refractivity contribution in [2.45, 2.75) is 5.88 Å². The van der Waals surface area contributed by atoms with Crippen LogP contribution in [0.1, 0.15) is 5.56 Å². The van der Waals surface area contributed by atoms with Crippen LogP contribution in [-0.2, 0) is 5.88 Å². The average Bonchev–Trinajstić information content (AvgIpc) is 2.50. The Morgan fingerprint density at radius 1 is 1.45 bits per heavy atom. The number of fused-ring (bicyclic) bond motifs is 1. The van der Waals surface area contributed by atoms with Crippen LogP contribution >= 0.6 is 11.6 Å². The van der Waals surface area contributed by atoms with Crippen molar-refractivity contribution >= 4 is 22.8 Å². The molecule has 2 rings (SSSR count). The highest BCUT2D eigenvalue weighted by molar-refractivity contribution is 6.17. The van der Waals surface area contributed by atoms with Crippen LogP contribution in [0, 0.1) is 0 Å². The molecule has 0 aliphatic carbocycles. The second-order valence-electron chi connectivity index (χ2n) is 2.15. The lowest BCUT2D eigenvalue weighted by atomic mass is 10.3. The summed E-state index contributed by atoms with van der Waals surface area (Å²) in [4.78, 5) is 7.94. The van der Waals surface area contributed by atoms with E-state index in [-0.39, 0.29) is 0 Å². The summed E-state index contributed by atoms with van der Waals surface area (Å²) in [6.45, 7) is 0. The van der Waals surface area contributed by atoms with E-state index >= 15 is 0 Å². The number of hydrogen-bond donors (Lipinski definition) is 0. The Morgan fingerprint density at radius 3 is 3.18 bits per heavy atom. The highest BCUT2D eigenvalue weighted by Crippen LogP contribution is 2.11. The van der Waals surface area contributed by atoms with Crippen LogP contribution in [0.5, 0.6) is 0 Å². The summed E-state index contributed by atoms with van der Waals surface area (Å²) in [5.41, 5.74) is 2.26. The molecule has 0 N–H and O–H groups in total. The lowest BCUT2D eigenvalue weighted by Gasteiger charge is -1.90. The van der Waals surface area contributed by atoms with Crippen molar-refractivity contribution in [1.29, 1.82) is 0 Å². The first-order valence-corrected chi connectivity index (χ1v) is 3.67. The van der Waals surface area contributed by atoms with Gasteiger partial charge in [-0.1, -0.05) is 0 Å². The predicted molar refractivity (Wildman–Crippen MR) is 41.4 cm³/mol. The number of nitrogens with zero attached hydrogens (tertiary/aromatic N) is 2. The van der Waals surface area contributed by atoms with E-state index in [0.717, 1.165) is 11.1 Å². The van der Waals surface area contributed by atoms with E-state index < -0.39 is 0 Å². The maximum absolute atomic E-state index is 5.60. The summed E-state index contributed by atoms with van der Waals surface area (Å²) in [6, 6.07) is 1.86. The van der Waals surface area contributed by atoms with Gasteiger partial charge in [-0.3, -0.25) is 0 Å². The van der Waals surface area contributed by atoms with E-state index in [0.29, 0.717) is 11.6 Å². The predicted octanol–water partition coefficient (Wildman–Crippen LogP) is 1.96. The number of oxazole rings is 1. The summed E-state index contributed by atoms with van der Waals surface area (Å²) in [6.07, 6.45) is 3.05. The van der Waals surface area contributed by atoms with E-state index in [9.17, 15) is 0 Å². The van der Waals surface area contributed by atoms with E-state index in [1.165, 1.54) is 6.39 Å². The van der Waals surface area contributed by atoms with Gasteiger partial charge in [0, 0.05) is 12.1 Å². The molecule has 0 spiro atoms. The maximum Gasteiger partial charge on any atom is 0.246 e. The molecule has 0 atom stereocenters. The molecule has 0 saturated heterocycles. The van der Waals surface area contributed by atoms with Crippen LogP contribution in [0.2, 0.25) is 0 Å². The van der Waals surface area contributed by atoms with Crippen LogP contribution in [0.25, 0.3) is 11.2 Å². The third-order valence-corrected chi connectivity index (χ3v) is 1.71. The molecule has 2 heterocycles. The first kappa shape index (κ1) is 6.61. The van der Waals surface area contributed by atoms with Gasteiger partial charge in [0.25, 0.3) is 0 Å². The molecule has 0 fully saturated rings. The van der Waals surface area contributed by atoms with Crippen molar-refractivity contribution in [3.63, 3.8) is 0 Å². The summed E-state index contributed by atoms with van der Waals surface area (Å²) in [7, 11) is 0. The zero-order chi connectivity index (χ0) is 7.68. The van der Waals surface area contributed by atoms with Gasteiger partial charge >= 0.3 is 0 Å². The Labute approximate surface area is 68.0 Å². The van der Waals surface area contributed by atoms with Crippen molar-refractivity contribution in [2.24, 2.45) is 0 Å². The normalized spacial score (nSPS) is 10.6. The van der Waals surface area contributed by atoms with Crippen molar-refractivity contribution in [3.05, 3.63) is 24.2 Å². The first-order chi connectivity index (χ1) is 5.40. The fraction of sp³-hybridized carbons (Fsp3) is 0.143. The molecule has 0 bridgehead atoms. The smallest absolute Gasteiger partial charge is 0.246 e. The Balaban J connectivity index is 2.67. The number of alkyl halides is 1. The molecule has 3 nitrogen and oxygen atoms in total. The van der Waals surface area contributed by atoms with Gasteiger partial charge in [-0.15, -0.1) is 11.6 Å². The van der Waals surface area contributed by atoms with Gasteiger partial charge in [0.1, 0.15) is 5.52 Å². The summed E-state index contributed by atoms with van der Waals surface area (Å²) in [5, 5.41) is 0. The number of halogens is 1. The lowest BCUT2D eigenvalue weighted by molar-refractivity contribution is 0.590. The molecule has 0 radical (unpaired) electrons. The molecule has 0 aliphatic rings. The van der Waals surface area contributed by atoms with Crippen LogP contribution in [0.4, 0.5) is 0 Å². The SMILES string of the molecule is ClCc1cnc2ocnc2c1. The first-order valence-electron chi connectivity index (χ1n) is 3.14. The third-order valence-electron chi connectivity index (χ3n) is 1.40. The molecular weight excluding hydrogens is 164 g/mol. The molecule has 0 unspecified atom stereocenters. The molecule has 11 heavy (non-hydrogen) atoms. The van der Waals surface area contributed by atoms with Crippen LogP contribution in [0.15, 0.2) is 23.1 Å². The minimum Gasteiger partial charge on any atom is -0.425 e. The fourth-order valence-corrected chi connectivity index (χ4v) is 1.02. The number of pyridine rings is 1. The molecule has 0 aliphatic heterocycles. The Bertz CT molecular complexity index is 371. The van der Waals surface area contributed by atoms with Crippen molar-refractivity contribution < 1.29 is 4.42 Å². The second-order valence-corrected chi connectivity index (χ2v) is 2.42. The number of aromatic nitrogens is 2. The minimum absolute atomic E-state index is 0.454. The van der Waals surface area contributed by atoms with Gasteiger partial charge in [-0.05, 0) is 11.6 Å². The molecule has 2 aromatic heterocycles. The molecule has 56 valence electrons. The molecule has 0 amide bonds. The molecule has 0 saturated carbocycles. The molecule has 0 aromatic carbocycles. The quantitative estimate of drug-likeness (QED) is 0.611. The average molecular weight is 169 g/mol. The molecule has 4 heteroatoms. The van der Waals surface area contributed by atoms with Crippen molar-refractivity contribution in [3.8, 4) is 0 Å². The second kappa shape index (κ2) is 2.51. The van der Waals surface area contributed by atoms with Gasteiger partial charge in [-0.25, -0.2) is 9.97 Å². The zero-order valence-corrected chi connectivity index (χ0v) is 6.38. The van der Waals surface area contributed by atoms with Gasteiger partial charge in [-0.2, -0.15) is 0 Å².